The van der Waals surface area contributed by atoms with Crippen LogP contribution >= 0.6 is 22.9 Å². The van der Waals surface area contributed by atoms with E-state index in [9.17, 15) is 13.2 Å². The molecule has 1 amide bonds. The van der Waals surface area contributed by atoms with Gasteiger partial charge in [0.1, 0.15) is 15.7 Å². The Balaban J connectivity index is 1.93. The Morgan fingerprint density at radius 1 is 1.28 bits per heavy atom. The van der Waals surface area contributed by atoms with Gasteiger partial charge in [-0.25, -0.2) is 8.42 Å². The predicted molar refractivity (Wildman–Crippen MR) is 114 cm³/mol. The number of thiophene rings is 1. The van der Waals surface area contributed by atoms with Gasteiger partial charge in [0, 0.05) is 11.4 Å². The minimum Gasteiger partial charge on any atom is -0.398 e. The van der Waals surface area contributed by atoms with Gasteiger partial charge in [-0.05, 0) is 55.8 Å². The smallest absolute Gasteiger partial charge is 0.267 e. The molecule has 10 heteroatoms. The number of carbonyl (C=O) groups excluding carboxylic acids is 1. The maximum Gasteiger partial charge on any atom is 0.267 e. The van der Waals surface area contributed by atoms with E-state index in [0.717, 1.165) is 28.0 Å². The number of benzene rings is 1. The maximum atomic E-state index is 12.9. The Kier molecular flexibility index (Phi) is 5.75. The van der Waals surface area contributed by atoms with Crippen LogP contribution in [0.4, 0.5) is 11.4 Å². The van der Waals surface area contributed by atoms with Crippen molar-refractivity contribution < 1.29 is 17.7 Å². The first-order chi connectivity index (χ1) is 13.5. The lowest BCUT2D eigenvalue weighted by molar-refractivity contribution is 0.102. The molecule has 1 aromatic carbocycles. The number of halogens is 1. The Morgan fingerprint density at radius 3 is 2.59 bits per heavy atom. The summed E-state index contributed by atoms with van der Waals surface area (Å²) in [7, 11) is -3.88. The minimum atomic E-state index is -3.88. The lowest BCUT2D eigenvalue weighted by Crippen LogP contribution is -2.17. The van der Waals surface area contributed by atoms with Gasteiger partial charge < -0.3 is 15.6 Å². The molecular weight excluding hydrogens is 434 g/mol. The quantitative estimate of drug-likeness (QED) is 0.552. The van der Waals surface area contributed by atoms with Crippen molar-refractivity contribution in [2.75, 3.05) is 11.1 Å². The number of amides is 1. The molecule has 0 aliphatic carbocycles. The number of nitrogen functional groups attached to an aromatic ring is 1. The average molecular weight is 454 g/mol. The number of aromatic nitrogens is 1. The van der Waals surface area contributed by atoms with Gasteiger partial charge in [-0.15, -0.1) is 11.3 Å². The van der Waals surface area contributed by atoms with Crippen molar-refractivity contribution in [1.82, 2.24) is 5.16 Å². The summed E-state index contributed by atoms with van der Waals surface area (Å²) >= 11 is 7.08. The van der Waals surface area contributed by atoms with Crippen molar-refractivity contribution in [3.05, 3.63) is 55.6 Å². The molecule has 2 aromatic heterocycles. The molecule has 154 valence electrons. The van der Waals surface area contributed by atoms with Crippen LogP contribution in [-0.4, -0.2) is 19.5 Å². The average Bonchev–Trinajstić information content (AvgIpc) is 3.26. The molecule has 2 heterocycles. The molecule has 0 aliphatic heterocycles. The first-order valence-electron chi connectivity index (χ1n) is 8.61. The highest BCUT2D eigenvalue weighted by molar-refractivity contribution is 7.90. The predicted octanol–water partition coefficient (Wildman–Crippen LogP) is 4.43. The van der Waals surface area contributed by atoms with Gasteiger partial charge in [0.05, 0.1) is 10.6 Å². The molecule has 7 nitrogen and oxygen atoms in total. The van der Waals surface area contributed by atoms with Crippen molar-refractivity contribution in [1.29, 1.82) is 0 Å². The van der Waals surface area contributed by atoms with Crippen LogP contribution in [-0.2, 0) is 15.6 Å². The van der Waals surface area contributed by atoms with Gasteiger partial charge in [-0.3, -0.25) is 4.79 Å². The highest BCUT2D eigenvalue weighted by Crippen LogP contribution is 2.32. The second-order valence-electron chi connectivity index (χ2n) is 6.76. The maximum absolute atomic E-state index is 12.9. The third kappa shape index (κ3) is 4.03. The lowest BCUT2D eigenvalue weighted by atomic mass is 10.0. The fraction of sp³-hybridized carbons (Fsp3) is 0.263. The fourth-order valence-corrected chi connectivity index (χ4v) is 5.87. The molecule has 3 aromatic rings. The molecule has 0 saturated heterocycles. The molecule has 0 unspecified atom stereocenters. The van der Waals surface area contributed by atoms with E-state index >= 15 is 0 Å². The normalized spacial score (nSPS) is 11.6. The summed E-state index contributed by atoms with van der Waals surface area (Å²) in [6.45, 7) is 7.17. The van der Waals surface area contributed by atoms with E-state index in [2.05, 4.69) is 10.5 Å². The minimum absolute atomic E-state index is 0.0414. The Hall–Kier alpha value is -2.36. The third-order valence-electron chi connectivity index (χ3n) is 4.62. The SMILES string of the molecule is Cc1cc(C)c(NC(=O)c2sccc2S(=O)(=O)Cc2onc(C)c2Cl)c(C)c1N. The second-order valence-corrected chi connectivity index (χ2v) is 10.0. The van der Waals surface area contributed by atoms with Crippen LogP contribution in [0.5, 0.6) is 0 Å². The first kappa shape index (κ1) is 21.4. The van der Waals surface area contributed by atoms with Crippen LogP contribution < -0.4 is 11.1 Å². The number of rotatable bonds is 5. The molecule has 3 rings (SSSR count). The standard InChI is InChI=1S/C19H20ClN3O4S2/c1-9-7-10(2)17(11(3)16(9)21)22-19(24)18-14(5-6-28-18)29(25,26)8-13-15(20)12(4)23-27-13/h5-7H,8,21H2,1-4H3,(H,22,24). The molecule has 0 saturated carbocycles. The van der Waals surface area contributed by atoms with E-state index in [1.165, 1.54) is 6.07 Å². The lowest BCUT2D eigenvalue weighted by Gasteiger charge is -2.15. The molecular formula is C19H20ClN3O4S2. The van der Waals surface area contributed by atoms with Crippen molar-refractivity contribution in [3.63, 3.8) is 0 Å². The summed E-state index contributed by atoms with van der Waals surface area (Å²) in [6.07, 6.45) is 0. The van der Waals surface area contributed by atoms with Gasteiger partial charge in [-0.2, -0.15) is 0 Å². The first-order valence-corrected chi connectivity index (χ1v) is 11.5. The highest BCUT2D eigenvalue weighted by Gasteiger charge is 2.28. The number of sulfone groups is 1. The van der Waals surface area contributed by atoms with E-state index in [1.807, 2.05) is 26.8 Å². The van der Waals surface area contributed by atoms with Crippen LogP contribution in [0.1, 0.15) is 37.8 Å². The summed E-state index contributed by atoms with van der Waals surface area (Å²) in [5, 5.41) is 8.19. The third-order valence-corrected chi connectivity index (χ3v) is 7.80. The summed E-state index contributed by atoms with van der Waals surface area (Å²) in [5.41, 5.74) is 10.1. The van der Waals surface area contributed by atoms with Crippen molar-refractivity contribution >= 4 is 50.1 Å². The van der Waals surface area contributed by atoms with E-state index in [1.54, 1.807) is 12.3 Å². The van der Waals surface area contributed by atoms with Gasteiger partial charge in [-0.1, -0.05) is 22.8 Å². The van der Waals surface area contributed by atoms with Gasteiger partial charge in [0.25, 0.3) is 5.91 Å². The molecule has 29 heavy (non-hydrogen) atoms. The monoisotopic (exact) mass is 453 g/mol. The molecule has 0 aliphatic rings. The number of nitrogens with one attached hydrogen (secondary N) is 1. The van der Waals surface area contributed by atoms with E-state index in [0.29, 0.717) is 17.1 Å². The van der Waals surface area contributed by atoms with Crippen LogP contribution in [0.25, 0.3) is 0 Å². The van der Waals surface area contributed by atoms with Crippen molar-refractivity contribution in [2.24, 2.45) is 0 Å². The topological polar surface area (TPSA) is 115 Å². The van der Waals surface area contributed by atoms with E-state index in [4.69, 9.17) is 21.9 Å². The van der Waals surface area contributed by atoms with E-state index < -0.39 is 21.5 Å². The largest absolute Gasteiger partial charge is 0.398 e. The summed E-state index contributed by atoms with van der Waals surface area (Å²) in [6, 6.07) is 3.27. The summed E-state index contributed by atoms with van der Waals surface area (Å²) in [4.78, 5) is 12.9. The Bertz CT molecular complexity index is 1210. The highest BCUT2D eigenvalue weighted by atomic mass is 35.5. The van der Waals surface area contributed by atoms with Crippen LogP contribution in [0.3, 0.4) is 0 Å². The van der Waals surface area contributed by atoms with Crippen LogP contribution in [0.15, 0.2) is 26.9 Å². The second kappa shape index (κ2) is 7.81. The molecule has 0 bridgehead atoms. The van der Waals surface area contributed by atoms with Crippen molar-refractivity contribution in [3.8, 4) is 0 Å². The number of carbonyl (C=O) groups is 1. The van der Waals surface area contributed by atoms with Crippen LogP contribution in [0.2, 0.25) is 5.02 Å². The van der Waals surface area contributed by atoms with Gasteiger partial charge >= 0.3 is 0 Å². The van der Waals surface area contributed by atoms with Crippen molar-refractivity contribution in [2.45, 2.75) is 38.3 Å². The number of aryl methyl sites for hydroxylation is 3. The zero-order valence-electron chi connectivity index (χ0n) is 16.3. The van der Waals surface area contributed by atoms with Gasteiger partial charge in [0.2, 0.25) is 0 Å². The zero-order chi connectivity index (χ0) is 21.5. The van der Waals surface area contributed by atoms with Gasteiger partial charge in [0.15, 0.2) is 15.6 Å². The zero-order valence-corrected chi connectivity index (χ0v) is 18.7. The molecule has 0 radical (unpaired) electrons. The number of anilines is 2. The Labute approximate surface area is 177 Å². The molecule has 0 atom stereocenters. The summed E-state index contributed by atoms with van der Waals surface area (Å²) < 4.78 is 30.8. The van der Waals surface area contributed by atoms with Crippen LogP contribution in [0, 0.1) is 27.7 Å². The fourth-order valence-electron chi connectivity index (χ4n) is 3.02. The molecule has 3 N–H and O–H groups in total. The molecule has 0 fully saturated rings. The molecule has 0 spiro atoms. The Morgan fingerprint density at radius 2 is 1.97 bits per heavy atom. The number of hydrogen-bond acceptors (Lipinski definition) is 7. The summed E-state index contributed by atoms with van der Waals surface area (Å²) in [5.74, 6) is -0.966. The van der Waals surface area contributed by atoms with E-state index in [-0.39, 0.29) is 20.6 Å². The number of nitrogens with zero attached hydrogens (tertiary/aromatic N) is 1. The number of hydrogen-bond donors (Lipinski definition) is 2. The number of nitrogens with two attached hydrogens (primary N) is 1.